The van der Waals surface area contributed by atoms with E-state index in [1.807, 2.05) is 38.1 Å². The summed E-state index contributed by atoms with van der Waals surface area (Å²) in [4.78, 5) is 14.7. The Bertz CT molecular complexity index is 1190. The van der Waals surface area contributed by atoms with E-state index in [1.165, 1.54) is 4.90 Å². The molecule has 0 fully saturated rings. The molecular weight excluding hydrogens is 418 g/mol. The van der Waals surface area contributed by atoms with Gasteiger partial charge in [-0.05, 0) is 66.8 Å². The third-order valence-corrected chi connectivity index (χ3v) is 6.42. The molecular formula is C26H27N3O2S. The highest BCUT2D eigenvalue weighted by Gasteiger charge is 2.16. The van der Waals surface area contributed by atoms with E-state index in [-0.39, 0.29) is 12.5 Å². The van der Waals surface area contributed by atoms with Crippen LogP contribution in [0.2, 0.25) is 0 Å². The molecule has 1 heterocycles. The Kier molecular flexibility index (Phi) is 6.51. The minimum absolute atomic E-state index is 0.0842. The van der Waals surface area contributed by atoms with Crippen LogP contribution >= 0.6 is 11.8 Å². The SMILES string of the molecule is CC(=NNC(=O)COc1cc(C)ccc1C(C)C)c1ccc2c(c1)Nc1ccccc1S2. The summed E-state index contributed by atoms with van der Waals surface area (Å²) in [5.74, 6) is 0.771. The first-order valence-corrected chi connectivity index (χ1v) is 11.5. The number of fused-ring (bicyclic) bond motifs is 2. The molecule has 6 heteroatoms. The van der Waals surface area contributed by atoms with Gasteiger partial charge in [-0.3, -0.25) is 4.79 Å². The Balaban J connectivity index is 1.39. The third-order valence-electron chi connectivity index (χ3n) is 5.27. The lowest BCUT2D eigenvalue weighted by atomic mass is 10.0. The molecule has 3 aromatic rings. The largest absolute Gasteiger partial charge is 0.483 e. The lowest BCUT2D eigenvalue weighted by molar-refractivity contribution is -0.123. The third kappa shape index (κ3) is 4.97. The molecule has 0 unspecified atom stereocenters. The van der Waals surface area contributed by atoms with Gasteiger partial charge in [-0.2, -0.15) is 5.10 Å². The first kappa shape index (κ1) is 22.0. The van der Waals surface area contributed by atoms with E-state index in [0.717, 1.165) is 44.4 Å². The number of rotatable bonds is 6. The summed E-state index contributed by atoms with van der Waals surface area (Å²) in [6, 6.07) is 20.5. The van der Waals surface area contributed by atoms with Crippen molar-refractivity contribution in [2.24, 2.45) is 5.10 Å². The van der Waals surface area contributed by atoms with Crippen molar-refractivity contribution in [1.29, 1.82) is 0 Å². The topological polar surface area (TPSA) is 62.7 Å². The van der Waals surface area contributed by atoms with E-state index in [4.69, 9.17) is 4.74 Å². The number of ether oxygens (including phenoxy) is 1. The Morgan fingerprint density at radius 3 is 2.66 bits per heavy atom. The fraction of sp³-hybridized carbons (Fsp3) is 0.231. The smallest absolute Gasteiger partial charge is 0.277 e. The second-order valence-electron chi connectivity index (χ2n) is 8.15. The highest BCUT2D eigenvalue weighted by Crippen LogP contribution is 2.44. The first-order chi connectivity index (χ1) is 15.4. The zero-order valence-corrected chi connectivity index (χ0v) is 19.5. The van der Waals surface area contributed by atoms with Crippen LogP contribution in [0.3, 0.4) is 0 Å². The lowest BCUT2D eigenvalue weighted by Gasteiger charge is -2.21. The molecule has 32 heavy (non-hydrogen) atoms. The van der Waals surface area contributed by atoms with Crippen LogP contribution in [0.15, 0.2) is 75.6 Å². The summed E-state index contributed by atoms with van der Waals surface area (Å²) >= 11 is 1.74. The molecule has 0 bridgehead atoms. The maximum absolute atomic E-state index is 12.3. The highest BCUT2D eigenvalue weighted by molar-refractivity contribution is 7.99. The van der Waals surface area contributed by atoms with Gasteiger partial charge < -0.3 is 10.1 Å². The predicted molar refractivity (Wildman–Crippen MR) is 131 cm³/mol. The Labute approximate surface area is 193 Å². The van der Waals surface area contributed by atoms with Gasteiger partial charge in [0.2, 0.25) is 0 Å². The second kappa shape index (κ2) is 9.49. The van der Waals surface area contributed by atoms with E-state index >= 15 is 0 Å². The van der Waals surface area contributed by atoms with Gasteiger partial charge in [-0.25, -0.2) is 5.43 Å². The van der Waals surface area contributed by atoms with Crippen LogP contribution in [0.25, 0.3) is 0 Å². The number of para-hydroxylation sites is 1. The van der Waals surface area contributed by atoms with Crippen molar-refractivity contribution in [3.63, 3.8) is 0 Å². The molecule has 1 aliphatic heterocycles. The number of hydrazone groups is 1. The number of amides is 1. The number of hydrogen-bond donors (Lipinski definition) is 2. The van der Waals surface area contributed by atoms with E-state index < -0.39 is 0 Å². The number of benzene rings is 3. The molecule has 0 saturated carbocycles. The quantitative estimate of drug-likeness (QED) is 0.272. The van der Waals surface area contributed by atoms with Gasteiger partial charge in [0, 0.05) is 9.79 Å². The zero-order valence-electron chi connectivity index (χ0n) is 18.7. The number of aryl methyl sites for hydroxylation is 1. The van der Waals surface area contributed by atoms with Gasteiger partial charge in [0.05, 0.1) is 17.1 Å². The maximum Gasteiger partial charge on any atom is 0.277 e. The minimum Gasteiger partial charge on any atom is -0.483 e. The summed E-state index contributed by atoms with van der Waals surface area (Å²) < 4.78 is 5.79. The Morgan fingerprint density at radius 2 is 1.84 bits per heavy atom. The van der Waals surface area contributed by atoms with Crippen LogP contribution in [-0.4, -0.2) is 18.2 Å². The highest BCUT2D eigenvalue weighted by atomic mass is 32.2. The van der Waals surface area contributed by atoms with E-state index in [1.54, 1.807) is 11.8 Å². The summed E-state index contributed by atoms with van der Waals surface area (Å²) in [5.41, 5.74) is 8.60. The van der Waals surface area contributed by atoms with E-state index in [2.05, 4.69) is 66.1 Å². The number of carbonyl (C=O) groups is 1. The van der Waals surface area contributed by atoms with Crippen LogP contribution in [-0.2, 0) is 4.79 Å². The second-order valence-corrected chi connectivity index (χ2v) is 9.23. The molecule has 4 rings (SSSR count). The molecule has 0 saturated heterocycles. The number of nitrogens with one attached hydrogen (secondary N) is 2. The lowest BCUT2D eigenvalue weighted by Crippen LogP contribution is -2.26. The average molecular weight is 446 g/mol. The molecule has 1 aliphatic rings. The van der Waals surface area contributed by atoms with E-state index in [0.29, 0.717) is 5.92 Å². The number of anilines is 2. The van der Waals surface area contributed by atoms with Crippen molar-refractivity contribution in [2.45, 2.75) is 43.4 Å². The van der Waals surface area contributed by atoms with Crippen molar-refractivity contribution in [3.05, 3.63) is 77.4 Å². The van der Waals surface area contributed by atoms with Crippen LogP contribution in [0.1, 0.15) is 43.4 Å². The molecule has 0 spiro atoms. The van der Waals surface area contributed by atoms with Gasteiger partial charge >= 0.3 is 0 Å². The molecule has 0 aliphatic carbocycles. The van der Waals surface area contributed by atoms with Crippen LogP contribution in [0.4, 0.5) is 11.4 Å². The van der Waals surface area contributed by atoms with Crippen molar-refractivity contribution in [3.8, 4) is 5.75 Å². The molecule has 0 radical (unpaired) electrons. The Hall–Kier alpha value is -3.25. The van der Waals surface area contributed by atoms with Gasteiger partial charge in [-0.15, -0.1) is 0 Å². The summed E-state index contributed by atoms with van der Waals surface area (Å²) in [6.45, 7) is 8.02. The van der Waals surface area contributed by atoms with Crippen molar-refractivity contribution >= 4 is 34.8 Å². The maximum atomic E-state index is 12.3. The molecule has 2 N–H and O–H groups in total. The number of nitrogens with zero attached hydrogens (tertiary/aromatic N) is 1. The molecule has 1 amide bonds. The van der Waals surface area contributed by atoms with E-state index in [9.17, 15) is 4.79 Å². The van der Waals surface area contributed by atoms with Crippen molar-refractivity contribution in [2.75, 3.05) is 11.9 Å². The molecule has 0 atom stereocenters. The van der Waals surface area contributed by atoms with Crippen molar-refractivity contribution < 1.29 is 9.53 Å². The molecule has 164 valence electrons. The zero-order chi connectivity index (χ0) is 22.7. The predicted octanol–water partition coefficient (Wildman–Crippen LogP) is 6.25. The normalized spacial score (nSPS) is 12.6. The van der Waals surface area contributed by atoms with Crippen LogP contribution in [0, 0.1) is 6.92 Å². The Morgan fingerprint density at radius 1 is 1.06 bits per heavy atom. The molecule has 5 nitrogen and oxygen atoms in total. The number of hydrogen-bond acceptors (Lipinski definition) is 5. The molecule has 0 aromatic heterocycles. The fourth-order valence-corrected chi connectivity index (χ4v) is 4.46. The van der Waals surface area contributed by atoms with Crippen LogP contribution in [0.5, 0.6) is 5.75 Å². The number of carbonyl (C=O) groups excluding carboxylic acids is 1. The van der Waals surface area contributed by atoms with Gasteiger partial charge in [0.1, 0.15) is 5.75 Å². The average Bonchev–Trinajstić information content (AvgIpc) is 2.79. The minimum atomic E-state index is -0.291. The fourth-order valence-electron chi connectivity index (χ4n) is 3.49. The standard InChI is InChI=1S/C26H27N3O2S/c1-16(2)20-11-9-17(3)13-23(20)31-15-26(30)29-28-18(4)19-10-12-25-22(14-19)27-21-7-5-6-8-24(21)32-25/h5-14,16,27H,15H2,1-4H3,(H,29,30). The van der Waals surface area contributed by atoms with Gasteiger partial charge in [0.25, 0.3) is 5.91 Å². The summed E-state index contributed by atoms with van der Waals surface area (Å²) in [6.07, 6.45) is 0. The van der Waals surface area contributed by atoms with Crippen LogP contribution < -0.4 is 15.5 Å². The summed E-state index contributed by atoms with van der Waals surface area (Å²) in [7, 11) is 0. The monoisotopic (exact) mass is 445 g/mol. The molecule has 3 aromatic carbocycles. The van der Waals surface area contributed by atoms with Gasteiger partial charge in [0.15, 0.2) is 6.61 Å². The van der Waals surface area contributed by atoms with Crippen molar-refractivity contribution in [1.82, 2.24) is 5.43 Å². The summed E-state index contributed by atoms with van der Waals surface area (Å²) in [5, 5.41) is 7.75. The van der Waals surface area contributed by atoms with Gasteiger partial charge in [-0.1, -0.05) is 55.9 Å². The first-order valence-electron chi connectivity index (χ1n) is 10.7.